The first kappa shape index (κ1) is 19.0. The van der Waals surface area contributed by atoms with Crippen LogP contribution in [0.4, 0.5) is 18.9 Å². The molecule has 30 heavy (non-hydrogen) atoms. The number of hydrogen-bond donors (Lipinski definition) is 2. The van der Waals surface area contributed by atoms with Gasteiger partial charge in [0.25, 0.3) is 0 Å². The first-order chi connectivity index (χ1) is 14.4. The van der Waals surface area contributed by atoms with Gasteiger partial charge in [0.2, 0.25) is 5.91 Å². The van der Waals surface area contributed by atoms with Gasteiger partial charge in [-0.25, -0.2) is 0 Å². The van der Waals surface area contributed by atoms with Crippen LogP contribution in [0.5, 0.6) is 5.75 Å². The van der Waals surface area contributed by atoms with Crippen LogP contribution in [0, 0.1) is 5.92 Å². The zero-order valence-electron chi connectivity index (χ0n) is 16.1. The van der Waals surface area contributed by atoms with Gasteiger partial charge in [0.1, 0.15) is 5.75 Å². The van der Waals surface area contributed by atoms with Crippen molar-refractivity contribution in [2.24, 2.45) is 5.92 Å². The Morgan fingerprint density at radius 3 is 2.47 bits per heavy atom. The summed E-state index contributed by atoms with van der Waals surface area (Å²) in [6.45, 7) is 0. The van der Waals surface area contributed by atoms with Gasteiger partial charge in [0.15, 0.2) is 0 Å². The van der Waals surface area contributed by atoms with Gasteiger partial charge in [-0.15, -0.1) is 0 Å². The second-order valence-corrected chi connectivity index (χ2v) is 8.20. The Morgan fingerprint density at radius 2 is 1.80 bits per heavy atom. The fraction of sp³-hybridized carbons (Fsp3) is 0.348. The highest BCUT2D eigenvalue weighted by Crippen LogP contribution is 2.41. The summed E-state index contributed by atoms with van der Waals surface area (Å²) in [6, 6.07) is 11.1. The topological polar surface area (TPSA) is 54.1 Å². The van der Waals surface area contributed by atoms with Crippen LogP contribution in [-0.2, 0) is 11.0 Å². The van der Waals surface area contributed by atoms with Crippen molar-refractivity contribution in [2.45, 2.75) is 43.9 Å². The number of anilines is 1. The van der Waals surface area contributed by atoms with E-state index in [0.717, 1.165) is 65.7 Å². The predicted octanol–water partition coefficient (Wildman–Crippen LogP) is 5.86. The molecule has 0 saturated heterocycles. The van der Waals surface area contributed by atoms with Crippen molar-refractivity contribution >= 4 is 22.5 Å². The van der Waals surface area contributed by atoms with E-state index in [0.29, 0.717) is 0 Å². The molecule has 5 rings (SSSR count). The number of rotatable bonds is 5. The van der Waals surface area contributed by atoms with E-state index in [1.54, 1.807) is 18.3 Å². The Bertz CT molecular complexity index is 1080. The van der Waals surface area contributed by atoms with E-state index in [9.17, 15) is 18.0 Å². The summed E-state index contributed by atoms with van der Waals surface area (Å²) in [6.07, 6.45) is 0.937. The highest BCUT2D eigenvalue weighted by molar-refractivity contribution is 6.03. The SMILES string of the molecule is O=C(Nc1c[nH]c2ccc(O[C@H]3C[C@H](c4ccc(C(F)(F)F)cc4)C3)cc12)C1CC1. The van der Waals surface area contributed by atoms with Crippen LogP contribution in [0.3, 0.4) is 0 Å². The smallest absolute Gasteiger partial charge is 0.416 e. The number of fused-ring (bicyclic) bond motifs is 1. The van der Waals surface area contributed by atoms with E-state index in [1.807, 2.05) is 18.2 Å². The summed E-state index contributed by atoms with van der Waals surface area (Å²) < 4.78 is 44.2. The van der Waals surface area contributed by atoms with Gasteiger partial charge < -0.3 is 15.0 Å². The van der Waals surface area contributed by atoms with Crippen molar-refractivity contribution in [3.63, 3.8) is 0 Å². The maximum absolute atomic E-state index is 12.7. The number of benzene rings is 2. The summed E-state index contributed by atoms with van der Waals surface area (Å²) in [5, 5.41) is 3.88. The minimum Gasteiger partial charge on any atom is -0.490 e. The van der Waals surface area contributed by atoms with Crippen molar-refractivity contribution in [1.82, 2.24) is 4.98 Å². The molecule has 0 aliphatic heterocycles. The molecule has 4 nitrogen and oxygen atoms in total. The molecule has 2 fully saturated rings. The standard InChI is InChI=1S/C23H21F3N2O2/c24-23(25,26)16-5-3-13(4-6-16)15-9-18(10-15)30-17-7-8-20-19(11-17)21(12-27-20)28-22(29)14-1-2-14/h3-8,11-12,14-15,18,27H,1-2,9-10H2,(H,28,29)/t15-,18-. The molecule has 2 N–H and O–H groups in total. The Morgan fingerprint density at radius 1 is 1.07 bits per heavy atom. The van der Waals surface area contributed by atoms with Gasteiger partial charge in [-0.2, -0.15) is 13.2 Å². The molecule has 0 unspecified atom stereocenters. The number of nitrogens with one attached hydrogen (secondary N) is 2. The number of carbonyl (C=O) groups is 1. The number of alkyl halides is 3. The zero-order valence-corrected chi connectivity index (χ0v) is 16.1. The molecule has 156 valence electrons. The molecule has 3 aromatic rings. The van der Waals surface area contributed by atoms with E-state index in [2.05, 4.69) is 10.3 Å². The monoisotopic (exact) mass is 414 g/mol. The van der Waals surface area contributed by atoms with Gasteiger partial charge in [-0.05, 0) is 67.5 Å². The summed E-state index contributed by atoms with van der Waals surface area (Å²) in [4.78, 5) is 15.2. The van der Waals surface area contributed by atoms with Gasteiger partial charge in [0.05, 0.1) is 17.4 Å². The average Bonchev–Trinajstić information content (AvgIpc) is 3.47. The Labute approximate surface area is 171 Å². The summed E-state index contributed by atoms with van der Waals surface area (Å²) >= 11 is 0. The first-order valence-corrected chi connectivity index (χ1v) is 10.1. The number of aromatic amines is 1. The van der Waals surface area contributed by atoms with Crippen molar-refractivity contribution in [3.8, 4) is 5.75 Å². The number of H-pyrrole nitrogens is 1. The molecule has 2 aliphatic carbocycles. The second kappa shape index (κ2) is 7.07. The summed E-state index contributed by atoms with van der Waals surface area (Å²) in [5.74, 6) is 1.12. The molecule has 1 heterocycles. The molecule has 0 bridgehead atoms. The number of halogens is 3. The molecular formula is C23H21F3N2O2. The molecule has 0 spiro atoms. The minimum absolute atomic E-state index is 0.0261. The predicted molar refractivity (Wildman–Crippen MR) is 107 cm³/mol. The van der Waals surface area contributed by atoms with Crippen molar-refractivity contribution in [1.29, 1.82) is 0 Å². The first-order valence-electron chi connectivity index (χ1n) is 10.1. The van der Waals surface area contributed by atoms with E-state index in [4.69, 9.17) is 4.74 Å². The fourth-order valence-electron chi connectivity index (χ4n) is 3.93. The van der Waals surface area contributed by atoms with Crippen LogP contribution in [0.1, 0.15) is 42.7 Å². The summed E-state index contributed by atoms with van der Waals surface area (Å²) in [5.41, 5.74) is 1.96. The third-order valence-electron chi connectivity index (χ3n) is 5.97. The molecule has 2 aromatic carbocycles. The molecule has 0 radical (unpaired) electrons. The normalized spacial score (nSPS) is 21.3. The molecule has 2 saturated carbocycles. The fourth-order valence-corrected chi connectivity index (χ4v) is 3.93. The van der Waals surface area contributed by atoms with Crippen LogP contribution in [0.2, 0.25) is 0 Å². The molecule has 7 heteroatoms. The lowest BCUT2D eigenvalue weighted by atomic mass is 9.77. The lowest BCUT2D eigenvalue weighted by Gasteiger charge is -2.35. The summed E-state index contributed by atoms with van der Waals surface area (Å²) in [7, 11) is 0. The minimum atomic E-state index is -4.31. The molecule has 0 atom stereocenters. The number of hydrogen-bond acceptors (Lipinski definition) is 2. The largest absolute Gasteiger partial charge is 0.490 e. The van der Waals surface area contributed by atoms with Gasteiger partial charge in [-0.3, -0.25) is 4.79 Å². The highest BCUT2D eigenvalue weighted by Gasteiger charge is 2.34. The van der Waals surface area contributed by atoms with E-state index >= 15 is 0 Å². The molecule has 1 amide bonds. The number of amides is 1. The average molecular weight is 414 g/mol. The van der Waals surface area contributed by atoms with E-state index in [-0.39, 0.29) is 23.8 Å². The van der Waals surface area contributed by atoms with E-state index in [1.165, 1.54) is 0 Å². The van der Waals surface area contributed by atoms with Crippen molar-refractivity contribution in [3.05, 3.63) is 59.8 Å². The number of ether oxygens (including phenoxy) is 1. The molecular weight excluding hydrogens is 393 g/mol. The lowest BCUT2D eigenvalue weighted by molar-refractivity contribution is -0.137. The van der Waals surface area contributed by atoms with Crippen LogP contribution in [0.15, 0.2) is 48.7 Å². The van der Waals surface area contributed by atoms with Gasteiger partial charge in [0, 0.05) is 23.0 Å². The van der Waals surface area contributed by atoms with Gasteiger partial charge in [-0.1, -0.05) is 12.1 Å². The number of carbonyl (C=O) groups excluding carboxylic acids is 1. The number of aromatic nitrogens is 1. The third-order valence-corrected chi connectivity index (χ3v) is 5.97. The van der Waals surface area contributed by atoms with Crippen LogP contribution >= 0.6 is 0 Å². The Balaban J connectivity index is 1.22. The maximum atomic E-state index is 12.7. The van der Waals surface area contributed by atoms with Crippen LogP contribution in [-0.4, -0.2) is 17.0 Å². The third kappa shape index (κ3) is 3.76. The lowest BCUT2D eigenvalue weighted by Crippen LogP contribution is -2.32. The molecule has 1 aromatic heterocycles. The van der Waals surface area contributed by atoms with Crippen LogP contribution < -0.4 is 10.1 Å². The van der Waals surface area contributed by atoms with Crippen molar-refractivity contribution < 1.29 is 22.7 Å². The molecule has 2 aliphatic rings. The Hall–Kier alpha value is -2.96. The van der Waals surface area contributed by atoms with Crippen molar-refractivity contribution in [2.75, 3.05) is 5.32 Å². The zero-order chi connectivity index (χ0) is 20.9. The quantitative estimate of drug-likeness (QED) is 0.549. The van der Waals surface area contributed by atoms with Crippen LogP contribution in [0.25, 0.3) is 10.9 Å². The maximum Gasteiger partial charge on any atom is 0.416 e. The van der Waals surface area contributed by atoms with E-state index < -0.39 is 11.7 Å². The Kier molecular flexibility index (Phi) is 4.49. The highest BCUT2D eigenvalue weighted by atomic mass is 19.4. The second-order valence-electron chi connectivity index (χ2n) is 8.20. The van der Waals surface area contributed by atoms with Gasteiger partial charge >= 0.3 is 6.18 Å².